The molecule has 0 radical (unpaired) electrons. The second-order valence-electron chi connectivity index (χ2n) is 5.25. The number of aryl methyl sites for hydroxylation is 1. The number of carbonyl (C=O) groups is 1. The Balaban J connectivity index is 2.10. The summed E-state index contributed by atoms with van der Waals surface area (Å²) >= 11 is 3.37. The zero-order valence-corrected chi connectivity index (χ0v) is 14.0. The van der Waals surface area contributed by atoms with Gasteiger partial charge in [-0.3, -0.25) is 0 Å². The number of pyridine rings is 1. The van der Waals surface area contributed by atoms with Crippen LogP contribution >= 0.6 is 15.9 Å². The van der Waals surface area contributed by atoms with Crippen LogP contribution in [0.5, 0.6) is 0 Å². The van der Waals surface area contributed by atoms with E-state index in [2.05, 4.69) is 20.9 Å². The van der Waals surface area contributed by atoms with Gasteiger partial charge in [-0.05, 0) is 48.4 Å². The van der Waals surface area contributed by atoms with E-state index in [0.717, 1.165) is 15.6 Å². The van der Waals surface area contributed by atoms with Crippen LogP contribution in [0, 0.1) is 6.92 Å². The van der Waals surface area contributed by atoms with Crippen LogP contribution in [0.2, 0.25) is 0 Å². The average molecular weight is 368 g/mol. The molecule has 0 atom stereocenters. The Morgan fingerprint density at radius 3 is 2.65 bits per heavy atom. The molecule has 0 aliphatic rings. The lowest BCUT2D eigenvalue weighted by Gasteiger charge is -2.05. The molecule has 0 unspecified atom stereocenters. The van der Waals surface area contributed by atoms with Crippen LogP contribution in [0.3, 0.4) is 0 Å². The summed E-state index contributed by atoms with van der Waals surface area (Å²) < 4.78 is 0.831. The van der Waals surface area contributed by atoms with Gasteiger partial charge in [0.25, 0.3) is 0 Å². The number of aromatic carboxylic acids is 1. The van der Waals surface area contributed by atoms with Crippen molar-refractivity contribution in [1.29, 1.82) is 0 Å². The van der Waals surface area contributed by atoms with E-state index in [1.807, 2.05) is 55.5 Å². The van der Waals surface area contributed by atoms with Crippen molar-refractivity contribution in [3.8, 4) is 0 Å². The van der Waals surface area contributed by atoms with Gasteiger partial charge in [0.05, 0.1) is 16.8 Å². The molecule has 2 aromatic carbocycles. The first-order valence-electron chi connectivity index (χ1n) is 7.12. The molecule has 0 aliphatic carbocycles. The van der Waals surface area contributed by atoms with Crippen LogP contribution in [-0.4, -0.2) is 16.1 Å². The highest BCUT2D eigenvalue weighted by Gasteiger charge is 2.11. The molecule has 4 heteroatoms. The molecule has 0 aliphatic heterocycles. The van der Waals surface area contributed by atoms with Gasteiger partial charge in [0.2, 0.25) is 0 Å². The summed E-state index contributed by atoms with van der Waals surface area (Å²) in [6.07, 6.45) is 3.80. The van der Waals surface area contributed by atoms with Gasteiger partial charge >= 0.3 is 5.97 Å². The van der Waals surface area contributed by atoms with Crippen LogP contribution in [0.4, 0.5) is 0 Å². The number of hydrogen-bond acceptors (Lipinski definition) is 2. The van der Waals surface area contributed by atoms with Crippen molar-refractivity contribution in [2.75, 3.05) is 0 Å². The third-order valence-electron chi connectivity index (χ3n) is 3.64. The normalized spacial score (nSPS) is 11.2. The van der Waals surface area contributed by atoms with Crippen LogP contribution in [0.25, 0.3) is 23.1 Å². The van der Waals surface area contributed by atoms with Crippen LogP contribution < -0.4 is 0 Å². The first-order valence-corrected chi connectivity index (χ1v) is 7.91. The highest BCUT2D eigenvalue weighted by atomic mass is 79.9. The minimum atomic E-state index is -0.957. The van der Waals surface area contributed by atoms with Crippen molar-refractivity contribution in [3.63, 3.8) is 0 Å². The van der Waals surface area contributed by atoms with E-state index in [1.54, 1.807) is 12.1 Å². The maximum atomic E-state index is 11.5. The highest BCUT2D eigenvalue weighted by molar-refractivity contribution is 9.10. The van der Waals surface area contributed by atoms with Crippen LogP contribution in [0.1, 0.15) is 27.2 Å². The molecule has 0 spiro atoms. The molecular weight excluding hydrogens is 354 g/mol. The van der Waals surface area contributed by atoms with Crippen molar-refractivity contribution < 1.29 is 9.90 Å². The summed E-state index contributed by atoms with van der Waals surface area (Å²) in [5.41, 5.74) is 3.78. The Labute approximate surface area is 142 Å². The van der Waals surface area contributed by atoms with E-state index in [0.29, 0.717) is 16.6 Å². The molecule has 0 saturated carbocycles. The number of carboxylic acid groups (broad SMARTS) is 1. The third-order valence-corrected chi connectivity index (χ3v) is 4.14. The predicted octanol–water partition coefficient (Wildman–Crippen LogP) is 5.17. The van der Waals surface area contributed by atoms with Gasteiger partial charge < -0.3 is 5.11 Å². The van der Waals surface area contributed by atoms with E-state index in [9.17, 15) is 9.90 Å². The Hall–Kier alpha value is -2.46. The number of nitrogens with zero attached hydrogens (tertiary/aromatic N) is 1. The molecule has 114 valence electrons. The lowest BCUT2D eigenvalue weighted by Crippen LogP contribution is -2.00. The Morgan fingerprint density at radius 1 is 1.13 bits per heavy atom. The summed E-state index contributed by atoms with van der Waals surface area (Å²) in [5, 5.41) is 10.1. The molecule has 0 amide bonds. The smallest absolute Gasteiger partial charge is 0.336 e. The molecule has 0 bridgehead atoms. The zero-order chi connectivity index (χ0) is 16.4. The number of benzene rings is 2. The summed E-state index contributed by atoms with van der Waals surface area (Å²) in [6.45, 7) is 2.04. The van der Waals surface area contributed by atoms with E-state index in [-0.39, 0.29) is 5.56 Å². The molecule has 3 rings (SSSR count). The van der Waals surface area contributed by atoms with Crippen molar-refractivity contribution in [3.05, 3.63) is 75.4 Å². The second kappa shape index (κ2) is 6.34. The van der Waals surface area contributed by atoms with Gasteiger partial charge in [0.15, 0.2) is 0 Å². The summed E-state index contributed by atoms with van der Waals surface area (Å²) in [5.74, 6) is -0.957. The molecule has 1 aromatic heterocycles. The molecule has 0 fully saturated rings. The zero-order valence-electron chi connectivity index (χ0n) is 12.5. The SMILES string of the molecule is Cc1ccccc1C=Cc1cc(C(=O)O)c2cc(Br)ccc2n1. The molecule has 23 heavy (non-hydrogen) atoms. The van der Waals surface area contributed by atoms with Gasteiger partial charge in [-0.2, -0.15) is 0 Å². The maximum absolute atomic E-state index is 11.5. The number of rotatable bonds is 3. The number of hydrogen-bond donors (Lipinski definition) is 1. The van der Waals surface area contributed by atoms with Gasteiger partial charge in [0, 0.05) is 9.86 Å². The number of aromatic nitrogens is 1. The second-order valence-corrected chi connectivity index (χ2v) is 6.17. The Bertz CT molecular complexity index is 932. The minimum absolute atomic E-state index is 0.251. The van der Waals surface area contributed by atoms with E-state index < -0.39 is 5.97 Å². The standard InChI is InChI=1S/C19H14BrNO2/c1-12-4-2-3-5-13(12)6-8-15-11-17(19(22)23)16-10-14(20)7-9-18(16)21-15/h2-11H,1H3,(H,22,23). The Morgan fingerprint density at radius 2 is 1.91 bits per heavy atom. The van der Waals surface area contributed by atoms with Crippen LogP contribution in [-0.2, 0) is 0 Å². The van der Waals surface area contributed by atoms with Gasteiger partial charge in [-0.1, -0.05) is 46.3 Å². The highest BCUT2D eigenvalue weighted by Crippen LogP contribution is 2.24. The largest absolute Gasteiger partial charge is 0.478 e. The minimum Gasteiger partial charge on any atom is -0.478 e. The monoisotopic (exact) mass is 367 g/mol. The van der Waals surface area contributed by atoms with Crippen molar-refractivity contribution in [2.45, 2.75) is 6.92 Å². The van der Waals surface area contributed by atoms with Crippen molar-refractivity contribution in [1.82, 2.24) is 4.98 Å². The maximum Gasteiger partial charge on any atom is 0.336 e. The topological polar surface area (TPSA) is 50.2 Å². The molecule has 3 nitrogen and oxygen atoms in total. The summed E-state index contributed by atoms with van der Waals surface area (Å²) in [7, 11) is 0. The Kier molecular flexibility index (Phi) is 4.26. The van der Waals surface area contributed by atoms with Crippen molar-refractivity contribution in [2.24, 2.45) is 0 Å². The first kappa shape index (κ1) is 15.4. The fourth-order valence-corrected chi connectivity index (χ4v) is 2.79. The third kappa shape index (κ3) is 3.32. The van der Waals surface area contributed by atoms with Gasteiger partial charge in [-0.25, -0.2) is 9.78 Å². The van der Waals surface area contributed by atoms with E-state index >= 15 is 0 Å². The predicted molar refractivity (Wildman–Crippen MR) is 96.5 cm³/mol. The molecule has 1 N–H and O–H groups in total. The molecule has 1 heterocycles. The van der Waals surface area contributed by atoms with E-state index in [4.69, 9.17) is 0 Å². The quantitative estimate of drug-likeness (QED) is 0.694. The lowest BCUT2D eigenvalue weighted by atomic mass is 10.1. The fraction of sp³-hybridized carbons (Fsp3) is 0.0526. The van der Waals surface area contributed by atoms with Gasteiger partial charge in [-0.15, -0.1) is 0 Å². The molecule has 3 aromatic rings. The summed E-state index contributed by atoms with van der Waals surface area (Å²) in [6, 6.07) is 15.1. The van der Waals surface area contributed by atoms with E-state index in [1.165, 1.54) is 0 Å². The number of halogens is 1. The fourth-order valence-electron chi connectivity index (χ4n) is 2.43. The van der Waals surface area contributed by atoms with Crippen LogP contribution in [0.15, 0.2) is 53.0 Å². The molecular formula is C19H14BrNO2. The number of carboxylic acids is 1. The molecule has 0 saturated heterocycles. The number of fused-ring (bicyclic) bond motifs is 1. The van der Waals surface area contributed by atoms with Crippen molar-refractivity contribution >= 4 is 45.0 Å². The summed E-state index contributed by atoms with van der Waals surface area (Å²) in [4.78, 5) is 16.1. The first-order chi connectivity index (χ1) is 11.0. The van der Waals surface area contributed by atoms with Gasteiger partial charge in [0.1, 0.15) is 0 Å². The average Bonchev–Trinajstić information content (AvgIpc) is 2.53. The lowest BCUT2D eigenvalue weighted by molar-refractivity contribution is 0.0699.